The van der Waals surface area contributed by atoms with Crippen molar-refractivity contribution in [2.24, 2.45) is 5.16 Å². The lowest BCUT2D eigenvalue weighted by molar-refractivity contribution is -0.688. The molecule has 0 bridgehead atoms. The van der Waals surface area contributed by atoms with E-state index in [4.69, 9.17) is 15.0 Å². The molecule has 1 unspecified atom stereocenters. The van der Waals surface area contributed by atoms with Crippen molar-refractivity contribution < 1.29 is 33.3 Å². The molecule has 0 saturated carbocycles. The first kappa shape index (κ1) is 22.9. The maximum absolute atomic E-state index is 13.0. The molecule has 3 aromatic rings. The number of hydrogen-bond donors (Lipinski definition) is 2. The topological polar surface area (TPSA) is 167 Å². The molecule has 3 aromatic heterocycles. The van der Waals surface area contributed by atoms with Gasteiger partial charge >= 0.3 is 0 Å². The number of aliphatic carboxylic acids is 1. The third-order valence-electron chi connectivity index (χ3n) is 5.52. The lowest BCUT2D eigenvalue weighted by Gasteiger charge is -2.50. The Hall–Kier alpha value is -3.91. The summed E-state index contributed by atoms with van der Waals surface area (Å²) < 4.78 is 7.18. The summed E-state index contributed by atoms with van der Waals surface area (Å²) in [7, 11) is 1.27. The average molecular weight is 515 g/mol. The summed E-state index contributed by atoms with van der Waals surface area (Å²) in [4.78, 5) is 47.7. The van der Waals surface area contributed by atoms with Gasteiger partial charge in [-0.15, -0.1) is 23.1 Å². The Bertz CT molecular complexity index is 1410. The Kier molecular flexibility index (Phi) is 5.90. The molecule has 14 heteroatoms. The van der Waals surface area contributed by atoms with Gasteiger partial charge in [0.1, 0.15) is 24.2 Å². The smallest absolute Gasteiger partial charge is 0.276 e. The van der Waals surface area contributed by atoms with E-state index < -0.39 is 29.2 Å². The number of thioether (sulfide) groups is 1. The standard InChI is InChI=1S/C21H18N6O6S2/c1-32-25-14(12-9-35-21(22)23-12)17(28)24-15-18(29)27-16(20(30)31)11(8-34-19(15)27)6-26-4-2-10-3-5-33-13(10)7-26/h2-5,7,9,15,19H,6,8H2,1H3,(H3-,22,23,24,28,30,31)/t15?,19-/m0/s1. The van der Waals surface area contributed by atoms with E-state index in [2.05, 4.69) is 15.5 Å². The normalized spacial score (nSPS) is 20.0. The number of nitrogens with zero attached hydrogens (tertiary/aromatic N) is 4. The predicted octanol–water partition coefficient (Wildman–Crippen LogP) is -0.786. The molecule has 0 spiro atoms. The van der Waals surface area contributed by atoms with Gasteiger partial charge in [-0.2, -0.15) is 4.57 Å². The van der Waals surface area contributed by atoms with Crippen LogP contribution in [0, 0.1) is 0 Å². The molecular formula is C21H18N6O6S2. The number of anilines is 1. The van der Waals surface area contributed by atoms with Crippen LogP contribution in [0.25, 0.3) is 11.0 Å². The fourth-order valence-corrected chi connectivity index (χ4v) is 5.84. The van der Waals surface area contributed by atoms with Crippen molar-refractivity contribution in [1.29, 1.82) is 0 Å². The molecule has 2 aliphatic rings. The molecule has 0 aliphatic carbocycles. The van der Waals surface area contributed by atoms with Crippen LogP contribution < -0.4 is 20.7 Å². The number of carboxylic acids is 1. The van der Waals surface area contributed by atoms with Gasteiger partial charge in [0.05, 0.1) is 17.9 Å². The van der Waals surface area contributed by atoms with Crippen molar-refractivity contribution in [3.63, 3.8) is 0 Å². The molecule has 0 radical (unpaired) electrons. The number of pyridine rings is 1. The number of carbonyl (C=O) groups excluding carboxylic acids is 3. The van der Waals surface area contributed by atoms with Gasteiger partial charge in [0.2, 0.25) is 6.20 Å². The summed E-state index contributed by atoms with van der Waals surface area (Å²) in [5.41, 5.74) is 6.68. The highest BCUT2D eigenvalue weighted by atomic mass is 32.2. The Morgan fingerprint density at radius 3 is 3.00 bits per heavy atom. The zero-order valence-corrected chi connectivity index (χ0v) is 19.8. The molecule has 3 N–H and O–H groups in total. The number of carboxylic acid groups (broad SMARTS) is 1. The van der Waals surface area contributed by atoms with E-state index in [1.54, 1.807) is 23.2 Å². The fourth-order valence-electron chi connectivity index (χ4n) is 3.96. The summed E-state index contributed by atoms with van der Waals surface area (Å²) in [6.45, 7) is 0.233. The summed E-state index contributed by atoms with van der Waals surface area (Å²) in [6, 6.07) is 2.73. The van der Waals surface area contributed by atoms with E-state index in [0.29, 0.717) is 16.9 Å². The van der Waals surface area contributed by atoms with Crippen LogP contribution in [-0.4, -0.2) is 57.7 Å². The molecule has 180 valence electrons. The summed E-state index contributed by atoms with van der Waals surface area (Å²) in [5, 5.41) is 20.4. The summed E-state index contributed by atoms with van der Waals surface area (Å²) in [6.07, 6.45) is 5.13. The van der Waals surface area contributed by atoms with Gasteiger partial charge in [-0.25, -0.2) is 4.98 Å². The van der Waals surface area contributed by atoms with Crippen LogP contribution in [0.1, 0.15) is 5.69 Å². The highest BCUT2D eigenvalue weighted by Crippen LogP contribution is 2.40. The van der Waals surface area contributed by atoms with Crippen LogP contribution in [-0.2, 0) is 25.8 Å². The van der Waals surface area contributed by atoms with Crippen molar-refractivity contribution in [2.75, 3.05) is 18.6 Å². The van der Waals surface area contributed by atoms with Gasteiger partial charge in [0.25, 0.3) is 11.8 Å². The Morgan fingerprint density at radius 1 is 1.46 bits per heavy atom. The Morgan fingerprint density at radius 2 is 2.29 bits per heavy atom. The van der Waals surface area contributed by atoms with Crippen LogP contribution in [0.3, 0.4) is 0 Å². The molecule has 2 atom stereocenters. The first-order valence-electron chi connectivity index (χ1n) is 10.2. The zero-order chi connectivity index (χ0) is 24.7. The van der Waals surface area contributed by atoms with Crippen molar-refractivity contribution in [1.82, 2.24) is 15.2 Å². The molecule has 5 rings (SSSR count). The number of nitrogens with one attached hydrogen (secondary N) is 1. The highest BCUT2D eigenvalue weighted by Gasteiger charge is 2.53. The maximum Gasteiger partial charge on any atom is 0.276 e. The van der Waals surface area contributed by atoms with Crippen molar-refractivity contribution in [3.05, 3.63) is 53.1 Å². The van der Waals surface area contributed by atoms with Gasteiger partial charge in [0.15, 0.2) is 29.2 Å². The second kappa shape index (κ2) is 9.03. The molecular weight excluding hydrogens is 496 g/mol. The number of nitrogens with two attached hydrogens (primary N) is 1. The van der Waals surface area contributed by atoms with Crippen LogP contribution in [0.15, 0.2) is 57.0 Å². The third-order valence-corrected chi connectivity index (χ3v) is 7.53. The number of rotatable bonds is 7. The van der Waals surface area contributed by atoms with E-state index in [9.17, 15) is 19.5 Å². The second-order valence-corrected chi connectivity index (χ2v) is 9.65. The minimum absolute atomic E-state index is 0.145. The van der Waals surface area contributed by atoms with Gasteiger partial charge in [-0.3, -0.25) is 14.5 Å². The lowest BCUT2D eigenvalue weighted by atomic mass is 10.0. The lowest BCUT2D eigenvalue weighted by Crippen LogP contribution is -2.71. The molecule has 0 aromatic carbocycles. The number of oxime groups is 1. The van der Waals surface area contributed by atoms with Crippen LogP contribution in [0.5, 0.6) is 0 Å². The Labute approximate surface area is 206 Å². The molecule has 2 amide bonds. The van der Waals surface area contributed by atoms with Crippen molar-refractivity contribution >= 4 is 62.7 Å². The van der Waals surface area contributed by atoms with Gasteiger partial charge in [-0.1, -0.05) is 5.16 Å². The van der Waals surface area contributed by atoms with E-state index >= 15 is 0 Å². The van der Waals surface area contributed by atoms with Crippen molar-refractivity contribution in [3.8, 4) is 0 Å². The predicted molar refractivity (Wildman–Crippen MR) is 124 cm³/mol. The van der Waals surface area contributed by atoms with E-state index in [1.165, 1.54) is 24.3 Å². The minimum Gasteiger partial charge on any atom is -0.543 e. The van der Waals surface area contributed by atoms with E-state index in [-0.39, 0.29) is 28.8 Å². The molecule has 1 fully saturated rings. The molecule has 12 nitrogen and oxygen atoms in total. The summed E-state index contributed by atoms with van der Waals surface area (Å²) in [5.74, 6) is -2.38. The molecule has 5 heterocycles. The van der Waals surface area contributed by atoms with Gasteiger partial charge < -0.3 is 30.2 Å². The second-order valence-electron chi connectivity index (χ2n) is 7.65. The van der Waals surface area contributed by atoms with Gasteiger partial charge in [-0.05, 0) is 6.07 Å². The van der Waals surface area contributed by atoms with E-state index in [1.807, 2.05) is 12.1 Å². The first-order chi connectivity index (χ1) is 16.9. The van der Waals surface area contributed by atoms with Gasteiger partial charge in [0, 0.05) is 28.2 Å². The maximum atomic E-state index is 13.0. The quantitative estimate of drug-likeness (QED) is 0.178. The van der Waals surface area contributed by atoms with Crippen molar-refractivity contribution in [2.45, 2.75) is 18.0 Å². The number of fused-ring (bicyclic) bond motifs is 2. The number of aromatic nitrogens is 2. The first-order valence-corrected chi connectivity index (χ1v) is 12.2. The SMILES string of the molecule is CON=C(C(=O)NC1C(=O)N2C(C(=O)[O-])=C(C[n+]3ccc4ccoc4c3)CS[C@@H]12)c1csc(N)n1. The molecule has 35 heavy (non-hydrogen) atoms. The summed E-state index contributed by atoms with van der Waals surface area (Å²) >= 11 is 2.47. The monoisotopic (exact) mass is 514 g/mol. The number of amides is 2. The Balaban J connectivity index is 1.36. The number of furan rings is 1. The number of β-lactam (4-membered cyclic amide) rings is 1. The van der Waals surface area contributed by atoms with Crippen LogP contribution in [0.2, 0.25) is 0 Å². The largest absolute Gasteiger partial charge is 0.543 e. The highest BCUT2D eigenvalue weighted by molar-refractivity contribution is 8.00. The van der Waals surface area contributed by atoms with E-state index in [0.717, 1.165) is 21.6 Å². The molecule has 1 saturated heterocycles. The van der Waals surface area contributed by atoms with Crippen LogP contribution in [0.4, 0.5) is 5.13 Å². The molecule has 2 aliphatic heterocycles. The average Bonchev–Trinajstić information content (AvgIpc) is 3.48. The fraction of sp³-hybridized carbons (Fsp3) is 0.238. The zero-order valence-electron chi connectivity index (χ0n) is 18.2. The number of carbonyl (C=O) groups is 3. The third kappa shape index (κ3) is 4.10. The van der Waals surface area contributed by atoms with Crippen LogP contribution >= 0.6 is 23.1 Å². The minimum atomic E-state index is -1.46. The number of nitrogen functional groups attached to an aromatic ring is 1. The number of thiazole rings is 1. The number of hydrogen-bond acceptors (Lipinski definition) is 11.